The molecule has 1 saturated heterocycles. The Balaban J connectivity index is 1.89. The lowest BCUT2D eigenvalue weighted by Gasteiger charge is -2.34. The monoisotopic (exact) mass is 296 g/mol. The van der Waals surface area contributed by atoms with Crippen LogP contribution in [0.5, 0.6) is 0 Å². The van der Waals surface area contributed by atoms with E-state index in [9.17, 15) is 4.79 Å². The SMILES string of the molecule is Cc1nc(C(=O)N2CCCCC2c2ncn[nH]2)ccc1C#N. The van der Waals surface area contributed by atoms with Crippen LogP contribution in [0.15, 0.2) is 18.5 Å². The molecule has 0 aliphatic carbocycles. The van der Waals surface area contributed by atoms with Gasteiger partial charge in [0.2, 0.25) is 0 Å². The van der Waals surface area contributed by atoms with Gasteiger partial charge in [-0.3, -0.25) is 9.89 Å². The van der Waals surface area contributed by atoms with E-state index in [2.05, 4.69) is 26.2 Å². The Morgan fingerprint density at radius 1 is 1.45 bits per heavy atom. The van der Waals surface area contributed by atoms with Crippen molar-refractivity contribution in [3.63, 3.8) is 0 Å². The van der Waals surface area contributed by atoms with Gasteiger partial charge in [0.25, 0.3) is 5.91 Å². The third-order valence-corrected chi connectivity index (χ3v) is 3.94. The Labute approximate surface area is 128 Å². The van der Waals surface area contributed by atoms with Gasteiger partial charge in [-0.1, -0.05) is 0 Å². The van der Waals surface area contributed by atoms with Crippen LogP contribution in [0.4, 0.5) is 0 Å². The van der Waals surface area contributed by atoms with Crippen LogP contribution in [0.1, 0.15) is 52.9 Å². The minimum atomic E-state index is -0.131. The summed E-state index contributed by atoms with van der Waals surface area (Å²) in [5.41, 5.74) is 1.42. The van der Waals surface area contributed by atoms with E-state index >= 15 is 0 Å². The molecule has 2 aromatic heterocycles. The second kappa shape index (κ2) is 5.93. The zero-order valence-electron chi connectivity index (χ0n) is 12.3. The highest BCUT2D eigenvalue weighted by molar-refractivity contribution is 5.92. The Hall–Kier alpha value is -2.75. The number of carbonyl (C=O) groups is 1. The number of aromatic nitrogens is 4. The zero-order chi connectivity index (χ0) is 15.5. The number of nitrogens with zero attached hydrogens (tertiary/aromatic N) is 5. The largest absolute Gasteiger partial charge is 0.327 e. The highest BCUT2D eigenvalue weighted by Crippen LogP contribution is 2.29. The molecule has 3 heterocycles. The first-order valence-corrected chi connectivity index (χ1v) is 7.24. The summed E-state index contributed by atoms with van der Waals surface area (Å²) in [4.78, 5) is 23.0. The maximum absolute atomic E-state index is 12.8. The summed E-state index contributed by atoms with van der Waals surface area (Å²) in [6.45, 7) is 2.41. The molecule has 0 saturated carbocycles. The summed E-state index contributed by atoms with van der Waals surface area (Å²) >= 11 is 0. The minimum absolute atomic E-state index is 0.0958. The second-order valence-corrected chi connectivity index (χ2v) is 5.32. The van der Waals surface area contributed by atoms with Crippen molar-refractivity contribution in [2.75, 3.05) is 6.54 Å². The van der Waals surface area contributed by atoms with Crippen LogP contribution in [-0.2, 0) is 0 Å². The van der Waals surface area contributed by atoms with Crippen LogP contribution in [0.25, 0.3) is 0 Å². The highest BCUT2D eigenvalue weighted by Gasteiger charge is 2.31. The lowest BCUT2D eigenvalue weighted by Crippen LogP contribution is -2.39. The molecule has 1 amide bonds. The van der Waals surface area contributed by atoms with Crippen LogP contribution < -0.4 is 0 Å². The summed E-state index contributed by atoms with van der Waals surface area (Å²) in [5, 5.41) is 15.7. The van der Waals surface area contributed by atoms with Crippen molar-refractivity contribution in [3.05, 3.63) is 41.2 Å². The molecule has 7 heteroatoms. The zero-order valence-corrected chi connectivity index (χ0v) is 12.3. The first kappa shape index (κ1) is 14.2. The molecule has 22 heavy (non-hydrogen) atoms. The molecule has 112 valence electrons. The molecule has 2 aromatic rings. The first-order valence-electron chi connectivity index (χ1n) is 7.24. The van der Waals surface area contributed by atoms with E-state index < -0.39 is 0 Å². The standard InChI is InChI=1S/C15H16N6O/c1-10-11(8-16)5-6-12(19-10)15(22)21-7-3-2-4-13(21)14-17-9-18-20-14/h5-6,9,13H,2-4,7H2,1H3,(H,17,18,20). The van der Waals surface area contributed by atoms with Crippen molar-refractivity contribution in [2.24, 2.45) is 0 Å². The second-order valence-electron chi connectivity index (χ2n) is 5.32. The predicted octanol–water partition coefficient (Wildman–Crippen LogP) is 1.75. The molecule has 0 aromatic carbocycles. The quantitative estimate of drug-likeness (QED) is 0.910. The molecule has 0 spiro atoms. The van der Waals surface area contributed by atoms with E-state index in [-0.39, 0.29) is 11.9 Å². The fourth-order valence-corrected chi connectivity index (χ4v) is 2.78. The van der Waals surface area contributed by atoms with E-state index in [1.54, 1.807) is 24.0 Å². The van der Waals surface area contributed by atoms with Gasteiger partial charge in [0.1, 0.15) is 23.9 Å². The lowest BCUT2D eigenvalue weighted by atomic mass is 10.0. The molecule has 1 aliphatic heterocycles. The van der Waals surface area contributed by atoms with Gasteiger partial charge in [-0.05, 0) is 38.3 Å². The number of carbonyl (C=O) groups excluding carboxylic acids is 1. The Kier molecular flexibility index (Phi) is 3.83. The van der Waals surface area contributed by atoms with Crippen LogP contribution in [0.2, 0.25) is 0 Å². The summed E-state index contributed by atoms with van der Waals surface area (Å²) in [5.74, 6) is 0.576. The fraction of sp³-hybridized carbons (Fsp3) is 0.400. The van der Waals surface area contributed by atoms with E-state index in [1.807, 2.05) is 0 Å². The van der Waals surface area contributed by atoms with Crippen LogP contribution in [-0.4, -0.2) is 37.5 Å². The normalized spacial score (nSPS) is 18.0. The number of piperidine rings is 1. The highest BCUT2D eigenvalue weighted by atomic mass is 16.2. The van der Waals surface area contributed by atoms with Crippen molar-refractivity contribution in [1.29, 1.82) is 5.26 Å². The molecule has 1 fully saturated rings. The Bertz CT molecular complexity index is 718. The van der Waals surface area contributed by atoms with Gasteiger partial charge >= 0.3 is 0 Å². The maximum atomic E-state index is 12.8. The van der Waals surface area contributed by atoms with Crippen LogP contribution in [0.3, 0.4) is 0 Å². The molecule has 0 radical (unpaired) electrons. The predicted molar refractivity (Wildman–Crippen MR) is 77.7 cm³/mol. The number of nitrogens with one attached hydrogen (secondary N) is 1. The Morgan fingerprint density at radius 3 is 3.00 bits per heavy atom. The van der Waals surface area contributed by atoms with Gasteiger partial charge in [-0.25, -0.2) is 9.97 Å². The van der Waals surface area contributed by atoms with Crippen molar-refractivity contribution in [1.82, 2.24) is 25.1 Å². The van der Waals surface area contributed by atoms with Gasteiger partial charge in [0.05, 0.1) is 17.3 Å². The molecule has 7 nitrogen and oxygen atoms in total. The van der Waals surface area contributed by atoms with Crippen LogP contribution in [0, 0.1) is 18.3 Å². The topological polar surface area (TPSA) is 98.6 Å². The summed E-state index contributed by atoms with van der Waals surface area (Å²) in [6.07, 6.45) is 4.33. The lowest BCUT2D eigenvalue weighted by molar-refractivity contribution is 0.0594. The molecule has 1 unspecified atom stereocenters. The maximum Gasteiger partial charge on any atom is 0.273 e. The average molecular weight is 296 g/mol. The molecule has 1 atom stereocenters. The van der Waals surface area contributed by atoms with Gasteiger partial charge < -0.3 is 4.90 Å². The third-order valence-electron chi connectivity index (χ3n) is 3.94. The summed E-state index contributed by atoms with van der Waals surface area (Å²) in [7, 11) is 0. The van der Waals surface area contributed by atoms with E-state index in [0.29, 0.717) is 29.3 Å². The molecular weight excluding hydrogens is 280 g/mol. The first-order chi connectivity index (χ1) is 10.7. The molecule has 0 bridgehead atoms. The number of rotatable bonds is 2. The van der Waals surface area contributed by atoms with Crippen molar-refractivity contribution in [2.45, 2.75) is 32.2 Å². The molecule has 1 N–H and O–H groups in total. The fourth-order valence-electron chi connectivity index (χ4n) is 2.78. The molecule has 1 aliphatic rings. The third kappa shape index (κ3) is 2.55. The number of nitriles is 1. The number of pyridine rings is 1. The number of likely N-dealkylation sites (tertiary alicyclic amines) is 1. The van der Waals surface area contributed by atoms with Crippen molar-refractivity contribution < 1.29 is 4.79 Å². The molecule has 3 rings (SSSR count). The van der Waals surface area contributed by atoms with Crippen molar-refractivity contribution >= 4 is 5.91 Å². The number of H-pyrrole nitrogens is 1. The average Bonchev–Trinajstić information content (AvgIpc) is 3.08. The van der Waals surface area contributed by atoms with Crippen molar-refractivity contribution in [3.8, 4) is 6.07 Å². The van der Waals surface area contributed by atoms with Gasteiger partial charge in [0.15, 0.2) is 0 Å². The van der Waals surface area contributed by atoms with E-state index in [0.717, 1.165) is 19.3 Å². The number of hydrogen-bond acceptors (Lipinski definition) is 5. The van der Waals surface area contributed by atoms with Crippen LogP contribution >= 0.6 is 0 Å². The molecular formula is C15H16N6O. The Morgan fingerprint density at radius 2 is 2.32 bits per heavy atom. The number of aromatic amines is 1. The van der Waals surface area contributed by atoms with E-state index in [1.165, 1.54) is 6.33 Å². The van der Waals surface area contributed by atoms with E-state index in [4.69, 9.17) is 5.26 Å². The number of aryl methyl sites for hydroxylation is 1. The van der Waals surface area contributed by atoms with Gasteiger partial charge in [-0.2, -0.15) is 10.4 Å². The summed E-state index contributed by atoms with van der Waals surface area (Å²) in [6, 6.07) is 5.22. The van der Waals surface area contributed by atoms with Gasteiger partial charge in [-0.15, -0.1) is 0 Å². The smallest absolute Gasteiger partial charge is 0.273 e. The minimum Gasteiger partial charge on any atom is -0.327 e. The number of amides is 1. The van der Waals surface area contributed by atoms with Gasteiger partial charge in [0, 0.05) is 6.54 Å². The number of hydrogen-bond donors (Lipinski definition) is 1. The summed E-state index contributed by atoms with van der Waals surface area (Å²) < 4.78 is 0.